The Morgan fingerprint density at radius 3 is 2.90 bits per heavy atom. The van der Waals surface area contributed by atoms with Crippen molar-refractivity contribution in [1.82, 2.24) is 5.32 Å². The monoisotopic (exact) mass is 353 g/mol. The standard InChI is InChI=1S/C16H24BrN3O/c1-20(2)15-8-6-12(17)11-14(15)19-16(21)9-7-13-5-3-4-10-18-13/h6,8,11,13,18H,3-5,7,9-10H2,1-2H3,(H,19,21). The molecule has 116 valence electrons. The molecule has 1 aliphatic rings. The third-order valence-corrected chi connectivity index (χ3v) is 4.34. The molecule has 1 aliphatic heterocycles. The first-order chi connectivity index (χ1) is 10.1. The van der Waals surface area contributed by atoms with Crippen LogP contribution in [0.4, 0.5) is 11.4 Å². The summed E-state index contributed by atoms with van der Waals surface area (Å²) >= 11 is 3.46. The van der Waals surface area contributed by atoms with Crippen LogP contribution in [0.5, 0.6) is 0 Å². The number of rotatable bonds is 5. The van der Waals surface area contributed by atoms with Crippen molar-refractivity contribution in [2.45, 2.75) is 38.1 Å². The van der Waals surface area contributed by atoms with Crippen LogP contribution in [0.15, 0.2) is 22.7 Å². The van der Waals surface area contributed by atoms with Gasteiger partial charge in [-0.05, 0) is 44.0 Å². The van der Waals surface area contributed by atoms with E-state index in [9.17, 15) is 4.79 Å². The van der Waals surface area contributed by atoms with Gasteiger partial charge in [0.1, 0.15) is 0 Å². The Balaban J connectivity index is 1.91. The van der Waals surface area contributed by atoms with E-state index < -0.39 is 0 Å². The van der Waals surface area contributed by atoms with Gasteiger partial charge in [0.05, 0.1) is 11.4 Å². The molecule has 21 heavy (non-hydrogen) atoms. The van der Waals surface area contributed by atoms with Gasteiger partial charge in [0, 0.05) is 31.0 Å². The van der Waals surface area contributed by atoms with Crippen LogP contribution >= 0.6 is 15.9 Å². The van der Waals surface area contributed by atoms with Gasteiger partial charge >= 0.3 is 0 Å². The van der Waals surface area contributed by atoms with Crippen molar-refractivity contribution in [3.63, 3.8) is 0 Å². The lowest BCUT2D eigenvalue weighted by Gasteiger charge is -2.23. The number of nitrogens with one attached hydrogen (secondary N) is 2. The Morgan fingerprint density at radius 2 is 2.24 bits per heavy atom. The van der Waals surface area contributed by atoms with E-state index in [0.29, 0.717) is 12.5 Å². The molecule has 1 aromatic rings. The fraction of sp³-hybridized carbons (Fsp3) is 0.562. The van der Waals surface area contributed by atoms with Crippen LogP contribution in [0, 0.1) is 0 Å². The van der Waals surface area contributed by atoms with Crippen molar-refractivity contribution in [1.29, 1.82) is 0 Å². The van der Waals surface area contributed by atoms with E-state index in [4.69, 9.17) is 0 Å². The zero-order chi connectivity index (χ0) is 15.2. The first kappa shape index (κ1) is 16.3. The third kappa shape index (κ3) is 5.00. The lowest BCUT2D eigenvalue weighted by atomic mass is 10.0. The molecule has 4 nitrogen and oxygen atoms in total. The smallest absolute Gasteiger partial charge is 0.224 e. The number of halogens is 1. The third-order valence-electron chi connectivity index (χ3n) is 3.85. The highest BCUT2D eigenvalue weighted by atomic mass is 79.9. The van der Waals surface area contributed by atoms with Crippen molar-refractivity contribution >= 4 is 33.2 Å². The molecule has 1 saturated heterocycles. The minimum Gasteiger partial charge on any atom is -0.376 e. The minimum absolute atomic E-state index is 0.0866. The lowest BCUT2D eigenvalue weighted by Crippen LogP contribution is -2.34. The molecule has 2 N–H and O–H groups in total. The number of carbonyl (C=O) groups is 1. The van der Waals surface area contributed by atoms with E-state index in [2.05, 4.69) is 26.6 Å². The summed E-state index contributed by atoms with van der Waals surface area (Å²) < 4.78 is 0.970. The maximum Gasteiger partial charge on any atom is 0.224 e. The number of amides is 1. The Hall–Kier alpha value is -1.07. The molecule has 0 radical (unpaired) electrons. The molecule has 1 fully saturated rings. The summed E-state index contributed by atoms with van der Waals surface area (Å²) in [6.07, 6.45) is 5.20. The van der Waals surface area contributed by atoms with Crippen molar-refractivity contribution in [2.75, 3.05) is 30.9 Å². The Kier molecular flexibility index (Phi) is 6.06. The molecule has 1 aromatic carbocycles. The predicted octanol–water partition coefficient (Wildman–Crippen LogP) is 3.38. The molecule has 1 atom stereocenters. The molecule has 1 heterocycles. The number of anilines is 2. The van der Waals surface area contributed by atoms with Gasteiger partial charge in [-0.3, -0.25) is 4.79 Å². The molecule has 2 rings (SSSR count). The normalized spacial score (nSPS) is 18.3. The molecule has 1 unspecified atom stereocenters. The molecular formula is C16H24BrN3O. The van der Waals surface area contributed by atoms with Crippen molar-refractivity contribution < 1.29 is 4.79 Å². The Morgan fingerprint density at radius 1 is 1.43 bits per heavy atom. The van der Waals surface area contributed by atoms with E-state index in [1.54, 1.807) is 0 Å². The van der Waals surface area contributed by atoms with Gasteiger partial charge < -0.3 is 15.5 Å². The number of piperidine rings is 1. The molecule has 0 spiro atoms. The second-order valence-electron chi connectivity index (χ2n) is 5.79. The summed E-state index contributed by atoms with van der Waals surface area (Å²) in [5.41, 5.74) is 1.87. The van der Waals surface area contributed by atoms with Gasteiger partial charge in [0.25, 0.3) is 0 Å². The number of hydrogen-bond acceptors (Lipinski definition) is 3. The van der Waals surface area contributed by atoms with Crippen LogP contribution in [0.2, 0.25) is 0 Å². The highest BCUT2D eigenvalue weighted by molar-refractivity contribution is 9.10. The molecule has 0 saturated carbocycles. The number of nitrogens with zero attached hydrogens (tertiary/aromatic N) is 1. The first-order valence-corrected chi connectivity index (χ1v) is 8.35. The maximum atomic E-state index is 12.2. The Labute approximate surface area is 135 Å². The van der Waals surface area contributed by atoms with Gasteiger partial charge in [0.15, 0.2) is 0 Å². The fourth-order valence-corrected chi connectivity index (χ4v) is 3.05. The summed E-state index contributed by atoms with van der Waals surface area (Å²) in [6.45, 7) is 1.09. The quantitative estimate of drug-likeness (QED) is 0.852. The summed E-state index contributed by atoms with van der Waals surface area (Å²) in [7, 11) is 3.95. The molecular weight excluding hydrogens is 330 g/mol. The van der Waals surface area contributed by atoms with E-state index >= 15 is 0 Å². The van der Waals surface area contributed by atoms with Gasteiger partial charge in [-0.1, -0.05) is 22.4 Å². The first-order valence-electron chi connectivity index (χ1n) is 7.56. The van der Waals surface area contributed by atoms with Crippen LogP contribution in [-0.4, -0.2) is 32.6 Å². The zero-order valence-electron chi connectivity index (χ0n) is 12.8. The second kappa shape index (κ2) is 7.80. The van der Waals surface area contributed by atoms with Crippen LogP contribution in [0.25, 0.3) is 0 Å². The van der Waals surface area contributed by atoms with Crippen LogP contribution < -0.4 is 15.5 Å². The molecule has 0 aromatic heterocycles. The second-order valence-corrected chi connectivity index (χ2v) is 6.71. The number of benzene rings is 1. The van der Waals surface area contributed by atoms with Crippen molar-refractivity contribution in [3.8, 4) is 0 Å². The van der Waals surface area contributed by atoms with Crippen molar-refractivity contribution in [3.05, 3.63) is 22.7 Å². The van der Waals surface area contributed by atoms with E-state index in [1.807, 2.05) is 37.2 Å². The van der Waals surface area contributed by atoms with Crippen LogP contribution in [-0.2, 0) is 4.79 Å². The summed E-state index contributed by atoms with van der Waals surface area (Å²) in [6, 6.07) is 6.44. The summed E-state index contributed by atoms with van der Waals surface area (Å²) in [5, 5.41) is 6.52. The Bertz CT molecular complexity index is 484. The molecule has 0 aliphatic carbocycles. The number of carbonyl (C=O) groups excluding carboxylic acids is 1. The van der Waals surface area contributed by atoms with E-state index in [0.717, 1.165) is 28.8 Å². The van der Waals surface area contributed by atoms with E-state index in [-0.39, 0.29) is 5.91 Å². The van der Waals surface area contributed by atoms with E-state index in [1.165, 1.54) is 19.3 Å². The largest absolute Gasteiger partial charge is 0.376 e. The van der Waals surface area contributed by atoms with Crippen LogP contribution in [0.3, 0.4) is 0 Å². The average molecular weight is 354 g/mol. The minimum atomic E-state index is 0.0866. The molecule has 5 heteroatoms. The molecule has 1 amide bonds. The van der Waals surface area contributed by atoms with Gasteiger partial charge in [0.2, 0.25) is 5.91 Å². The fourth-order valence-electron chi connectivity index (χ4n) is 2.69. The topological polar surface area (TPSA) is 44.4 Å². The zero-order valence-corrected chi connectivity index (χ0v) is 14.4. The maximum absolute atomic E-state index is 12.2. The number of hydrogen-bond donors (Lipinski definition) is 2. The summed E-state index contributed by atoms with van der Waals surface area (Å²) in [5.74, 6) is 0.0866. The summed E-state index contributed by atoms with van der Waals surface area (Å²) in [4.78, 5) is 14.2. The SMILES string of the molecule is CN(C)c1ccc(Br)cc1NC(=O)CCC1CCCCN1. The van der Waals surface area contributed by atoms with Gasteiger partial charge in [-0.25, -0.2) is 0 Å². The van der Waals surface area contributed by atoms with Gasteiger partial charge in [-0.15, -0.1) is 0 Å². The molecule has 0 bridgehead atoms. The lowest BCUT2D eigenvalue weighted by molar-refractivity contribution is -0.116. The highest BCUT2D eigenvalue weighted by Crippen LogP contribution is 2.28. The predicted molar refractivity (Wildman–Crippen MR) is 92.0 cm³/mol. The highest BCUT2D eigenvalue weighted by Gasteiger charge is 2.15. The van der Waals surface area contributed by atoms with Crippen molar-refractivity contribution in [2.24, 2.45) is 0 Å². The van der Waals surface area contributed by atoms with Crippen LogP contribution in [0.1, 0.15) is 32.1 Å². The van der Waals surface area contributed by atoms with Gasteiger partial charge in [-0.2, -0.15) is 0 Å². The average Bonchev–Trinajstić information content (AvgIpc) is 2.46.